The van der Waals surface area contributed by atoms with Gasteiger partial charge in [0, 0.05) is 11.9 Å². The number of carbonyl (C=O) groups is 1. The van der Waals surface area contributed by atoms with Crippen molar-refractivity contribution in [3.63, 3.8) is 0 Å². The second kappa shape index (κ2) is 5.52. The minimum absolute atomic E-state index is 0.131. The Labute approximate surface area is 116 Å². The number of nitrogens with one attached hydrogen (secondary N) is 1. The smallest absolute Gasteiger partial charge is 0.263 e. The number of nitrogen functional groups attached to an aromatic ring is 1. The van der Waals surface area contributed by atoms with Crippen LogP contribution in [0.5, 0.6) is 0 Å². The first-order chi connectivity index (χ1) is 9.00. The van der Waals surface area contributed by atoms with E-state index >= 15 is 0 Å². The van der Waals surface area contributed by atoms with Gasteiger partial charge in [-0.05, 0) is 17.9 Å². The molecule has 0 saturated carbocycles. The summed E-state index contributed by atoms with van der Waals surface area (Å²) in [5.41, 5.74) is 6.48. The molecule has 2 aromatic heterocycles. The molecule has 1 unspecified atom stereocenters. The second-order valence-corrected chi connectivity index (χ2v) is 6.03. The Morgan fingerprint density at radius 2 is 2.21 bits per heavy atom. The van der Waals surface area contributed by atoms with Crippen LogP contribution in [-0.2, 0) is 0 Å². The average molecular weight is 278 g/mol. The monoisotopic (exact) mass is 278 g/mol. The molecular formula is C13H18N4OS. The highest BCUT2D eigenvalue weighted by Gasteiger charge is 2.18. The molecule has 0 aromatic carbocycles. The molecular weight excluding hydrogens is 260 g/mol. The molecule has 1 atom stereocenters. The first-order valence-electron chi connectivity index (χ1n) is 6.28. The van der Waals surface area contributed by atoms with E-state index in [1.165, 1.54) is 11.3 Å². The van der Waals surface area contributed by atoms with E-state index in [-0.39, 0.29) is 5.91 Å². The van der Waals surface area contributed by atoms with E-state index in [2.05, 4.69) is 36.3 Å². The molecule has 0 spiro atoms. The molecule has 0 saturated heterocycles. The van der Waals surface area contributed by atoms with Gasteiger partial charge in [0.05, 0.1) is 11.9 Å². The average Bonchev–Trinajstić information content (AvgIpc) is 2.73. The molecule has 102 valence electrons. The zero-order valence-electron chi connectivity index (χ0n) is 11.3. The van der Waals surface area contributed by atoms with Gasteiger partial charge in [0.1, 0.15) is 9.71 Å². The largest absolute Gasteiger partial charge is 0.397 e. The van der Waals surface area contributed by atoms with Gasteiger partial charge in [-0.1, -0.05) is 20.8 Å². The van der Waals surface area contributed by atoms with Crippen molar-refractivity contribution >= 4 is 33.1 Å². The molecule has 3 N–H and O–H groups in total. The molecule has 5 nitrogen and oxygen atoms in total. The van der Waals surface area contributed by atoms with E-state index in [1.54, 1.807) is 12.3 Å². The number of amides is 1. The number of nitrogens with zero attached hydrogens (tertiary/aromatic N) is 2. The summed E-state index contributed by atoms with van der Waals surface area (Å²) in [6, 6.07) is 1.78. The van der Waals surface area contributed by atoms with Gasteiger partial charge in [0.25, 0.3) is 5.91 Å². The third kappa shape index (κ3) is 2.84. The van der Waals surface area contributed by atoms with Gasteiger partial charge in [0.2, 0.25) is 0 Å². The van der Waals surface area contributed by atoms with Crippen molar-refractivity contribution in [1.82, 2.24) is 15.5 Å². The Balaban J connectivity index is 2.16. The van der Waals surface area contributed by atoms with Crippen LogP contribution >= 0.6 is 11.3 Å². The van der Waals surface area contributed by atoms with Crippen LogP contribution in [-0.4, -0.2) is 22.6 Å². The van der Waals surface area contributed by atoms with Gasteiger partial charge in [-0.2, -0.15) is 5.10 Å². The molecule has 0 bridgehead atoms. The summed E-state index contributed by atoms with van der Waals surface area (Å²) >= 11 is 1.28. The second-order valence-electron chi connectivity index (χ2n) is 5.03. The number of rotatable bonds is 4. The minimum atomic E-state index is -0.131. The van der Waals surface area contributed by atoms with Gasteiger partial charge >= 0.3 is 0 Å². The molecule has 2 rings (SSSR count). The van der Waals surface area contributed by atoms with Crippen LogP contribution in [0.1, 0.15) is 30.4 Å². The molecule has 19 heavy (non-hydrogen) atoms. The quantitative estimate of drug-likeness (QED) is 0.899. The fourth-order valence-electron chi connectivity index (χ4n) is 1.61. The maximum Gasteiger partial charge on any atom is 0.263 e. The molecule has 0 aliphatic carbocycles. The molecule has 6 heteroatoms. The van der Waals surface area contributed by atoms with E-state index in [9.17, 15) is 4.79 Å². The third-order valence-corrected chi connectivity index (χ3v) is 4.45. The highest BCUT2D eigenvalue weighted by molar-refractivity contribution is 7.21. The van der Waals surface area contributed by atoms with Crippen LogP contribution in [0.4, 0.5) is 5.69 Å². The van der Waals surface area contributed by atoms with Crippen LogP contribution in [0.3, 0.4) is 0 Å². The van der Waals surface area contributed by atoms with Crippen molar-refractivity contribution in [2.45, 2.75) is 20.8 Å². The third-order valence-electron chi connectivity index (χ3n) is 3.35. The summed E-state index contributed by atoms with van der Waals surface area (Å²) in [6.45, 7) is 7.04. The van der Waals surface area contributed by atoms with Crippen molar-refractivity contribution < 1.29 is 4.79 Å². The predicted molar refractivity (Wildman–Crippen MR) is 78.2 cm³/mol. The van der Waals surface area contributed by atoms with Crippen molar-refractivity contribution in [1.29, 1.82) is 0 Å². The number of carbonyl (C=O) groups excluding carboxylic acids is 1. The lowest BCUT2D eigenvalue weighted by Gasteiger charge is -2.15. The number of thiophene rings is 1. The van der Waals surface area contributed by atoms with Crippen LogP contribution in [0.2, 0.25) is 0 Å². The van der Waals surface area contributed by atoms with Crippen LogP contribution in [0.25, 0.3) is 10.2 Å². The zero-order valence-corrected chi connectivity index (χ0v) is 12.1. The van der Waals surface area contributed by atoms with Crippen LogP contribution in [0.15, 0.2) is 12.3 Å². The topological polar surface area (TPSA) is 80.9 Å². The first-order valence-corrected chi connectivity index (χ1v) is 7.10. The predicted octanol–water partition coefficient (Wildman–Crippen LogP) is 2.30. The van der Waals surface area contributed by atoms with Gasteiger partial charge in [-0.3, -0.25) is 4.79 Å². The highest BCUT2D eigenvalue weighted by Crippen LogP contribution is 2.31. The molecule has 0 radical (unpaired) electrons. The summed E-state index contributed by atoms with van der Waals surface area (Å²) < 4.78 is 0. The summed E-state index contributed by atoms with van der Waals surface area (Å²) in [5, 5.41) is 11.5. The van der Waals surface area contributed by atoms with Crippen LogP contribution in [0, 0.1) is 11.8 Å². The Morgan fingerprint density at radius 3 is 2.84 bits per heavy atom. The molecule has 1 amide bonds. The summed E-state index contributed by atoms with van der Waals surface area (Å²) in [7, 11) is 0. The summed E-state index contributed by atoms with van der Waals surface area (Å²) in [6.07, 6.45) is 1.58. The lowest BCUT2D eigenvalue weighted by Crippen LogP contribution is -2.30. The summed E-state index contributed by atoms with van der Waals surface area (Å²) in [5.74, 6) is 0.832. The maximum atomic E-state index is 12.1. The molecule has 0 aliphatic rings. The normalized spacial score (nSPS) is 12.8. The molecule has 0 aliphatic heterocycles. The highest BCUT2D eigenvalue weighted by atomic mass is 32.1. The van der Waals surface area contributed by atoms with E-state index in [0.29, 0.717) is 33.8 Å². The Morgan fingerprint density at radius 1 is 1.47 bits per heavy atom. The van der Waals surface area contributed by atoms with Gasteiger partial charge in [-0.15, -0.1) is 16.4 Å². The van der Waals surface area contributed by atoms with Crippen molar-refractivity contribution in [2.24, 2.45) is 11.8 Å². The van der Waals surface area contributed by atoms with E-state index in [1.807, 2.05) is 0 Å². The maximum absolute atomic E-state index is 12.1. The van der Waals surface area contributed by atoms with E-state index in [0.717, 1.165) is 5.39 Å². The Kier molecular flexibility index (Phi) is 3.99. The van der Waals surface area contributed by atoms with Gasteiger partial charge < -0.3 is 11.1 Å². The van der Waals surface area contributed by atoms with Gasteiger partial charge in [-0.25, -0.2) is 0 Å². The van der Waals surface area contributed by atoms with Crippen molar-refractivity contribution in [3.05, 3.63) is 17.1 Å². The lowest BCUT2D eigenvalue weighted by atomic mass is 9.98. The fraction of sp³-hybridized carbons (Fsp3) is 0.462. The van der Waals surface area contributed by atoms with E-state index in [4.69, 9.17) is 5.73 Å². The van der Waals surface area contributed by atoms with Crippen molar-refractivity contribution in [2.75, 3.05) is 12.3 Å². The van der Waals surface area contributed by atoms with Gasteiger partial charge in [0.15, 0.2) is 0 Å². The standard InChI is InChI=1S/C13H18N4OS/c1-7(2)8(3)6-15-12(18)11-10(14)9-4-5-16-17-13(9)19-11/h4-5,7-8H,6,14H2,1-3H3,(H,15,18). The Hall–Kier alpha value is -1.69. The Bertz CT molecular complexity index is 593. The number of aromatic nitrogens is 2. The number of fused-ring (bicyclic) bond motifs is 1. The SMILES string of the molecule is CC(C)C(C)CNC(=O)c1sc2nnccc2c1N. The van der Waals surface area contributed by atoms with Crippen LogP contribution < -0.4 is 11.1 Å². The lowest BCUT2D eigenvalue weighted by molar-refractivity contribution is 0.0950. The number of anilines is 1. The van der Waals surface area contributed by atoms with E-state index < -0.39 is 0 Å². The molecule has 2 aromatic rings. The zero-order chi connectivity index (χ0) is 14.0. The number of hydrogen-bond donors (Lipinski definition) is 2. The summed E-state index contributed by atoms with van der Waals surface area (Å²) in [4.78, 5) is 13.3. The number of nitrogens with two attached hydrogens (primary N) is 1. The van der Waals surface area contributed by atoms with Crippen molar-refractivity contribution in [3.8, 4) is 0 Å². The minimum Gasteiger partial charge on any atom is -0.397 e. The number of hydrogen-bond acceptors (Lipinski definition) is 5. The molecule has 2 heterocycles. The molecule has 0 fully saturated rings. The first kappa shape index (κ1) is 13.7. The fourth-order valence-corrected chi connectivity index (χ4v) is 2.57.